The van der Waals surface area contributed by atoms with E-state index < -0.39 is 11.8 Å². The summed E-state index contributed by atoms with van der Waals surface area (Å²) >= 11 is 0. The lowest BCUT2D eigenvalue weighted by atomic mass is 10.5. The summed E-state index contributed by atoms with van der Waals surface area (Å²) in [6.45, 7) is 4.86. The maximum atomic E-state index is 10.6. The van der Waals surface area contributed by atoms with Gasteiger partial charge in [0.15, 0.2) is 0 Å². The van der Waals surface area contributed by atoms with Crippen LogP contribution in [-0.2, 0) is 14.5 Å². The molecule has 0 saturated heterocycles. The number of carbonyl (C=O) groups excluding carboxylic acids is 2. The second kappa shape index (κ2) is 6.11. The molecule has 0 aromatic heterocycles. The van der Waals surface area contributed by atoms with E-state index in [1.165, 1.54) is 12.2 Å². The summed E-state index contributed by atoms with van der Waals surface area (Å²) in [4.78, 5) is 25.3. The van der Waals surface area contributed by atoms with E-state index in [-0.39, 0.29) is 0 Å². The number of allylic oxidation sites excluding steroid dienone is 1. The summed E-state index contributed by atoms with van der Waals surface area (Å²) in [5, 5.41) is 0. The summed E-state index contributed by atoms with van der Waals surface area (Å²) in [6.07, 6.45) is 3.80. The van der Waals surface area contributed by atoms with Crippen molar-refractivity contribution in [3.05, 3.63) is 24.8 Å². The number of nitrogens with one attached hydrogen (secondary N) is 2. The van der Waals surface area contributed by atoms with Crippen molar-refractivity contribution >= 4 is 11.8 Å². The lowest BCUT2D eigenvalue weighted by molar-refractivity contribution is -0.145. The van der Waals surface area contributed by atoms with Crippen LogP contribution in [0.4, 0.5) is 0 Å². The van der Waals surface area contributed by atoms with Crippen LogP contribution in [0.3, 0.4) is 0 Å². The first kappa shape index (κ1) is 10.4. The topological polar surface area (TPSA) is 67.4 Å². The number of hydrogen-bond acceptors (Lipinski definition) is 3. The van der Waals surface area contributed by atoms with Crippen LogP contribution in [0.2, 0.25) is 0 Å². The van der Waals surface area contributed by atoms with Crippen molar-refractivity contribution < 1.29 is 14.5 Å². The van der Waals surface area contributed by atoms with Crippen molar-refractivity contribution in [2.75, 3.05) is 0 Å². The zero-order valence-corrected chi connectivity index (χ0v) is 6.66. The maximum absolute atomic E-state index is 10.6. The van der Waals surface area contributed by atoms with Crippen molar-refractivity contribution in [3.63, 3.8) is 0 Å². The van der Waals surface area contributed by atoms with Crippen LogP contribution in [0.15, 0.2) is 24.8 Å². The molecular formula is C7H10N2O3. The molecule has 12 heavy (non-hydrogen) atoms. The molecule has 0 aliphatic carbocycles. The van der Waals surface area contributed by atoms with Crippen molar-refractivity contribution in [1.29, 1.82) is 0 Å². The minimum Gasteiger partial charge on any atom is -0.268 e. The standard InChI is InChI=1S/C7H10N2O3/c1-3-5-7(11)9-12-8-6(10)4-2/h3-5H,2H2,1H3,(H,8,10)(H,9,11). The Bertz CT molecular complexity index is 211. The van der Waals surface area contributed by atoms with Crippen LogP contribution in [0.25, 0.3) is 0 Å². The predicted octanol–water partition coefficient (Wildman–Crippen LogP) is -0.173. The molecule has 0 aromatic rings. The molecule has 66 valence electrons. The average Bonchev–Trinajstić information content (AvgIpc) is 2.04. The van der Waals surface area contributed by atoms with Gasteiger partial charge in [0.2, 0.25) is 0 Å². The van der Waals surface area contributed by atoms with Crippen LogP contribution in [-0.4, -0.2) is 11.8 Å². The quantitative estimate of drug-likeness (QED) is 0.454. The highest BCUT2D eigenvalue weighted by molar-refractivity contribution is 5.87. The van der Waals surface area contributed by atoms with Gasteiger partial charge in [-0.25, -0.2) is 11.0 Å². The summed E-state index contributed by atoms with van der Waals surface area (Å²) in [7, 11) is 0. The molecule has 5 heteroatoms. The summed E-state index contributed by atoms with van der Waals surface area (Å²) < 4.78 is 0. The van der Waals surface area contributed by atoms with Crippen LogP contribution < -0.4 is 11.0 Å². The summed E-state index contributed by atoms with van der Waals surface area (Å²) in [5.74, 6) is -0.988. The third-order valence-electron chi connectivity index (χ3n) is 0.807. The van der Waals surface area contributed by atoms with Gasteiger partial charge >= 0.3 is 0 Å². The predicted molar refractivity (Wildman–Crippen MR) is 42.4 cm³/mol. The lowest BCUT2D eigenvalue weighted by Gasteiger charge is -2.00. The Labute approximate surface area is 70.0 Å². The zero-order valence-electron chi connectivity index (χ0n) is 6.66. The van der Waals surface area contributed by atoms with Gasteiger partial charge in [-0.2, -0.15) is 4.94 Å². The summed E-state index contributed by atoms with van der Waals surface area (Å²) in [6, 6.07) is 0. The van der Waals surface area contributed by atoms with E-state index in [0.717, 1.165) is 6.08 Å². The van der Waals surface area contributed by atoms with E-state index >= 15 is 0 Å². The van der Waals surface area contributed by atoms with E-state index in [4.69, 9.17) is 0 Å². The molecule has 0 radical (unpaired) electrons. The fraction of sp³-hybridized carbons (Fsp3) is 0.143. The number of hydroxylamine groups is 2. The molecule has 0 spiro atoms. The largest absolute Gasteiger partial charge is 0.269 e. The second-order valence-electron chi connectivity index (χ2n) is 1.74. The summed E-state index contributed by atoms with van der Waals surface area (Å²) in [5.41, 5.74) is 3.84. The molecule has 0 heterocycles. The molecule has 2 amide bonds. The highest BCUT2D eigenvalue weighted by Crippen LogP contribution is 1.71. The average molecular weight is 170 g/mol. The minimum atomic E-state index is -0.532. The lowest BCUT2D eigenvalue weighted by Crippen LogP contribution is -2.32. The molecule has 0 aromatic carbocycles. The van der Waals surface area contributed by atoms with Crippen LogP contribution in [0.5, 0.6) is 0 Å². The third kappa shape index (κ3) is 5.19. The van der Waals surface area contributed by atoms with Gasteiger partial charge in [-0.05, 0) is 13.0 Å². The van der Waals surface area contributed by atoms with Gasteiger partial charge in [0, 0.05) is 6.08 Å². The molecule has 5 nitrogen and oxygen atoms in total. The van der Waals surface area contributed by atoms with Gasteiger partial charge in [-0.15, -0.1) is 0 Å². The Balaban J connectivity index is 3.49. The molecule has 0 rings (SSSR count). The highest BCUT2D eigenvalue weighted by atomic mass is 16.8. The first-order valence-electron chi connectivity index (χ1n) is 3.21. The third-order valence-corrected chi connectivity index (χ3v) is 0.807. The normalized spacial score (nSPS) is 9.42. The van der Waals surface area contributed by atoms with Gasteiger partial charge in [-0.3, -0.25) is 9.59 Å². The fourth-order valence-corrected chi connectivity index (χ4v) is 0.353. The first-order valence-corrected chi connectivity index (χ1v) is 3.21. The maximum Gasteiger partial charge on any atom is 0.269 e. The van der Waals surface area contributed by atoms with Crippen molar-refractivity contribution in [3.8, 4) is 0 Å². The highest BCUT2D eigenvalue weighted by Gasteiger charge is 1.95. The van der Waals surface area contributed by atoms with E-state index in [1.54, 1.807) is 6.92 Å². The van der Waals surface area contributed by atoms with Crippen molar-refractivity contribution in [1.82, 2.24) is 11.0 Å². The van der Waals surface area contributed by atoms with Gasteiger partial charge < -0.3 is 0 Å². The van der Waals surface area contributed by atoms with E-state index in [9.17, 15) is 9.59 Å². The zero-order chi connectivity index (χ0) is 9.40. The molecule has 0 bridgehead atoms. The Hall–Kier alpha value is -1.62. The smallest absolute Gasteiger partial charge is 0.268 e. The molecule has 0 fully saturated rings. The Morgan fingerprint density at radius 1 is 1.33 bits per heavy atom. The van der Waals surface area contributed by atoms with Gasteiger partial charge in [0.05, 0.1) is 0 Å². The number of carbonyl (C=O) groups is 2. The minimum absolute atomic E-state index is 0.457. The Morgan fingerprint density at radius 2 is 1.92 bits per heavy atom. The van der Waals surface area contributed by atoms with Gasteiger partial charge in [0.25, 0.3) is 11.8 Å². The number of rotatable bonds is 4. The van der Waals surface area contributed by atoms with Crippen molar-refractivity contribution in [2.45, 2.75) is 6.92 Å². The van der Waals surface area contributed by atoms with Crippen LogP contribution >= 0.6 is 0 Å². The molecular weight excluding hydrogens is 160 g/mol. The van der Waals surface area contributed by atoms with E-state index in [2.05, 4.69) is 11.5 Å². The van der Waals surface area contributed by atoms with Crippen molar-refractivity contribution in [2.24, 2.45) is 0 Å². The number of hydrogen-bond donors (Lipinski definition) is 2. The Morgan fingerprint density at radius 3 is 2.42 bits per heavy atom. The van der Waals surface area contributed by atoms with Crippen LogP contribution in [0.1, 0.15) is 6.92 Å². The fourth-order valence-electron chi connectivity index (χ4n) is 0.353. The monoisotopic (exact) mass is 170 g/mol. The number of amides is 2. The van der Waals surface area contributed by atoms with E-state index in [1.807, 2.05) is 11.0 Å². The van der Waals surface area contributed by atoms with Crippen LogP contribution in [0, 0.1) is 0 Å². The second-order valence-corrected chi connectivity index (χ2v) is 1.74. The molecule has 0 aliphatic heterocycles. The van der Waals surface area contributed by atoms with Gasteiger partial charge in [0.1, 0.15) is 0 Å². The SMILES string of the molecule is C=CC(=O)NONC(=O)C=CC. The Kier molecular flexibility index (Phi) is 5.29. The first-order chi connectivity index (χ1) is 5.70. The van der Waals surface area contributed by atoms with Gasteiger partial charge in [-0.1, -0.05) is 12.7 Å². The molecule has 0 atom stereocenters. The van der Waals surface area contributed by atoms with E-state index in [0.29, 0.717) is 0 Å². The molecule has 0 saturated carbocycles. The molecule has 0 unspecified atom stereocenters. The molecule has 2 N–H and O–H groups in total. The molecule has 0 aliphatic rings.